The number of hydrogen-bond donors (Lipinski definition) is 1. The quantitative estimate of drug-likeness (QED) is 0.140. The number of nitrogens with zero attached hydrogens (tertiary/aromatic N) is 1. The van der Waals surface area contributed by atoms with Crippen LogP contribution < -0.4 is 24.4 Å². The molecule has 0 aliphatic heterocycles. The maximum Gasteiger partial charge on any atom is 0.271 e. The number of nitrogens with one attached hydrogen (secondary N) is 1. The molecule has 0 spiro atoms. The van der Waals surface area contributed by atoms with E-state index in [1.807, 2.05) is 44.2 Å². The molecule has 0 saturated heterocycles. The van der Waals surface area contributed by atoms with Crippen molar-refractivity contribution in [2.75, 3.05) is 20.3 Å². The van der Waals surface area contributed by atoms with E-state index in [2.05, 4.69) is 50.7 Å². The van der Waals surface area contributed by atoms with Crippen LogP contribution >= 0.6 is 15.9 Å². The summed E-state index contributed by atoms with van der Waals surface area (Å²) < 4.78 is 23.8. The fourth-order valence-corrected chi connectivity index (χ4v) is 4.58. The third kappa shape index (κ3) is 7.09. The van der Waals surface area contributed by atoms with E-state index < -0.39 is 0 Å². The average Bonchev–Trinajstić information content (AvgIpc) is 2.95. The highest BCUT2D eigenvalue weighted by Gasteiger charge is 2.14. The molecule has 1 N–H and O–H groups in total. The summed E-state index contributed by atoms with van der Waals surface area (Å²) in [5, 5.41) is 6.44. The molecule has 0 radical (unpaired) electrons. The first kappa shape index (κ1) is 28.0. The summed E-state index contributed by atoms with van der Waals surface area (Å²) >= 11 is 3.61. The second-order valence-corrected chi connectivity index (χ2v) is 9.46. The first-order valence-electron chi connectivity index (χ1n) is 12.7. The first-order valence-corrected chi connectivity index (χ1v) is 13.5. The molecule has 202 valence electrons. The lowest BCUT2D eigenvalue weighted by molar-refractivity contribution is 0.0954. The van der Waals surface area contributed by atoms with E-state index >= 15 is 0 Å². The smallest absolute Gasteiger partial charge is 0.271 e. The zero-order valence-electron chi connectivity index (χ0n) is 22.2. The lowest BCUT2D eigenvalue weighted by Crippen LogP contribution is -2.17. The van der Waals surface area contributed by atoms with Crippen LogP contribution in [-0.2, 0) is 6.61 Å². The van der Waals surface area contributed by atoms with Crippen LogP contribution in [-0.4, -0.2) is 32.4 Å². The summed E-state index contributed by atoms with van der Waals surface area (Å²) in [7, 11) is 1.54. The Balaban J connectivity index is 1.46. The van der Waals surface area contributed by atoms with Crippen LogP contribution in [0.15, 0.2) is 82.4 Å². The summed E-state index contributed by atoms with van der Waals surface area (Å²) in [6.07, 6.45) is 2.42. The summed E-state index contributed by atoms with van der Waals surface area (Å²) in [6.45, 7) is 5.35. The predicted molar refractivity (Wildman–Crippen MR) is 157 cm³/mol. The third-order valence-electron chi connectivity index (χ3n) is 5.85. The molecule has 39 heavy (non-hydrogen) atoms. The van der Waals surface area contributed by atoms with Gasteiger partial charge in [-0.1, -0.05) is 49.4 Å². The zero-order valence-corrected chi connectivity index (χ0v) is 23.8. The number of hydrazone groups is 1. The van der Waals surface area contributed by atoms with Crippen molar-refractivity contribution in [2.24, 2.45) is 5.10 Å². The van der Waals surface area contributed by atoms with Crippen molar-refractivity contribution in [3.05, 3.63) is 94.0 Å². The number of fused-ring (bicyclic) bond motifs is 1. The Morgan fingerprint density at radius 1 is 0.923 bits per heavy atom. The predicted octanol–water partition coefficient (Wildman–Crippen LogP) is 7.14. The molecule has 0 unspecified atom stereocenters. The van der Waals surface area contributed by atoms with Crippen molar-refractivity contribution in [3.8, 4) is 23.0 Å². The number of rotatable bonds is 12. The van der Waals surface area contributed by atoms with Crippen LogP contribution in [0.4, 0.5) is 0 Å². The number of amides is 1. The van der Waals surface area contributed by atoms with Gasteiger partial charge in [0.05, 0.1) is 31.0 Å². The van der Waals surface area contributed by atoms with E-state index in [9.17, 15) is 4.79 Å². The van der Waals surface area contributed by atoms with Crippen LogP contribution in [0.3, 0.4) is 0 Å². The molecule has 0 saturated carbocycles. The van der Waals surface area contributed by atoms with Crippen molar-refractivity contribution in [2.45, 2.75) is 26.9 Å². The number of ether oxygens (including phenoxy) is 4. The lowest BCUT2D eigenvalue weighted by atomic mass is 10.1. The van der Waals surface area contributed by atoms with Gasteiger partial charge < -0.3 is 18.9 Å². The van der Waals surface area contributed by atoms with Crippen molar-refractivity contribution >= 4 is 38.8 Å². The number of hydrogen-bond acceptors (Lipinski definition) is 6. The SMILES string of the molecule is CCCOc1ccc(C(=O)N/N=C/c2cc(Br)c(OCc3cccc4ccccc34)c(OCC)c2)cc1OC. The van der Waals surface area contributed by atoms with Gasteiger partial charge in [-0.05, 0) is 81.5 Å². The number of carbonyl (C=O) groups is 1. The Morgan fingerprint density at radius 3 is 2.54 bits per heavy atom. The molecule has 0 aromatic heterocycles. The van der Waals surface area contributed by atoms with Gasteiger partial charge in [0.1, 0.15) is 6.61 Å². The molecule has 0 bridgehead atoms. The first-order chi connectivity index (χ1) is 19.0. The van der Waals surface area contributed by atoms with Gasteiger partial charge in [-0.25, -0.2) is 5.43 Å². The van der Waals surface area contributed by atoms with Gasteiger partial charge >= 0.3 is 0 Å². The molecule has 7 nitrogen and oxygen atoms in total. The molecule has 4 rings (SSSR count). The Morgan fingerprint density at radius 2 is 1.74 bits per heavy atom. The molecule has 0 fully saturated rings. The third-order valence-corrected chi connectivity index (χ3v) is 6.44. The van der Waals surface area contributed by atoms with Crippen molar-refractivity contribution in [3.63, 3.8) is 0 Å². The van der Waals surface area contributed by atoms with Crippen LogP contribution in [0.2, 0.25) is 0 Å². The Kier molecular flexibility index (Phi) is 9.80. The zero-order chi connectivity index (χ0) is 27.6. The van der Waals surface area contributed by atoms with Crippen molar-refractivity contribution < 1.29 is 23.7 Å². The van der Waals surface area contributed by atoms with E-state index in [4.69, 9.17) is 18.9 Å². The number of methoxy groups -OCH3 is 1. The highest BCUT2D eigenvalue weighted by molar-refractivity contribution is 9.10. The monoisotopic (exact) mass is 590 g/mol. The molecule has 0 heterocycles. The summed E-state index contributed by atoms with van der Waals surface area (Å²) in [5.41, 5.74) is 4.77. The molecule has 0 aliphatic rings. The summed E-state index contributed by atoms with van der Waals surface area (Å²) in [6, 6.07) is 23.1. The fourth-order valence-electron chi connectivity index (χ4n) is 4.00. The molecular weight excluding hydrogens is 560 g/mol. The number of benzene rings is 4. The highest BCUT2D eigenvalue weighted by Crippen LogP contribution is 2.37. The van der Waals surface area contributed by atoms with Crippen LogP contribution in [0.25, 0.3) is 10.8 Å². The van der Waals surface area contributed by atoms with E-state index in [0.29, 0.717) is 52.9 Å². The largest absolute Gasteiger partial charge is 0.493 e. The van der Waals surface area contributed by atoms with Gasteiger partial charge in [0.15, 0.2) is 23.0 Å². The second kappa shape index (κ2) is 13.7. The maximum absolute atomic E-state index is 12.7. The summed E-state index contributed by atoms with van der Waals surface area (Å²) in [5.74, 6) is 1.89. The van der Waals surface area contributed by atoms with Crippen molar-refractivity contribution in [1.29, 1.82) is 0 Å². The highest BCUT2D eigenvalue weighted by atomic mass is 79.9. The van der Waals surface area contributed by atoms with Gasteiger partial charge in [-0.15, -0.1) is 0 Å². The van der Waals surface area contributed by atoms with E-state index in [0.717, 1.165) is 28.3 Å². The Hall–Kier alpha value is -4.04. The fraction of sp³-hybridized carbons (Fsp3) is 0.226. The number of halogens is 1. The molecule has 8 heteroatoms. The second-order valence-electron chi connectivity index (χ2n) is 8.60. The molecule has 4 aromatic rings. The van der Waals surface area contributed by atoms with E-state index in [1.165, 1.54) is 7.11 Å². The van der Waals surface area contributed by atoms with Gasteiger partial charge in [0, 0.05) is 5.56 Å². The molecule has 0 atom stereocenters. The number of carbonyl (C=O) groups excluding carboxylic acids is 1. The lowest BCUT2D eigenvalue weighted by Gasteiger charge is -2.15. The van der Waals surface area contributed by atoms with Crippen LogP contribution in [0.1, 0.15) is 41.8 Å². The minimum absolute atomic E-state index is 0.370. The van der Waals surface area contributed by atoms with Crippen molar-refractivity contribution in [1.82, 2.24) is 5.43 Å². The molecule has 0 aliphatic carbocycles. The minimum Gasteiger partial charge on any atom is -0.493 e. The summed E-state index contributed by atoms with van der Waals surface area (Å²) in [4.78, 5) is 12.7. The van der Waals surface area contributed by atoms with Gasteiger partial charge in [0.25, 0.3) is 5.91 Å². The maximum atomic E-state index is 12.7. The topological polar surface area (TPSA) is 78.4 Å². The van der Waals surface area contributed by atoms with Crippen LogP contribution in [0.5, 0.6) is 23.0 Å². The normalized spacial score (nSPS) is 11.0. The Bertz CT molecular complexity index is 1470. The van der Waals surface area contributed by atoms with E-state index in [-0.39, 0.29) is 5.91 Å². The van der Waals surface area contributed by atoms with Gasteiger partial charge in [0.2, 0.25) is 0 Å². The van der Waals surface area contributed by atoms with Crippen LogP contribution in [0, 0.1) is 0 Å². The Labute approximate surface area is 236 Å². The average molecular weight is 592 g/mol. The molecule has 1 amide bonds. The molecular formula is C31H31BrN2O5. The van der Waals surface area contributed by atoms with E-state index in [1.54, 1.807) is 24.4 Å². The van der Waals surface area contributed by atoms with Gasteiger partial charge in [-0.3, -0.25) is 4.79 Å². The standard InChI is InChI=1S/C31H31BrN2O5/c1-4-15-38-27-14-13-23(18-28(27)36-3)31(35)34-33-19-21-16-26(32)30(29(17-21)37-5-2)39-20-24-11-8-10-22-9-6-7-12-25(22)24/h6-14,16-19H,4-5,15,20H2,1-3H3,(H,34,35)/b33-19+. The minimum atomic E-state index is -0.370. The molecule has 4 aromatic carbocycles. The van der Waals surface area contributed by atoms with Gasteiger partial charge in [-0.2, -0.15) is 5.10 Å².